The predicted octanol–water partition coefficient (Wildman–Crippen LogP) is 0.455. The van der Waals surface area contributed by atoms with Gasteiger partial charge in [0, 0.05) is 0 Å². The van der Waals surface area contributed by atoms with Crippen molar-refractivity contribution in [3.63, 3.8) is 0 Å². The van der Waals surface area contributed by atoms with Gasteiger partial charge in [0.2, 0.25) is 0 Å². The minimum atomic E-state index is -1.39. The topological polar surface area (TPSA) is 92.8 Å². The number of benzene rings is 1. The molecule has 0 saturated carbocycles. The van der Waals surface area contributed by atoms with E-state index in [1.165, 1.54) is 6.07 Å². The molecule has 0 fully saturated rings. The average Bonchev–Trinajstić information content (AvgIpc) is 2.31. The Morgan fingerprint density at radius 3 is 2.76 bits per heavy atom. The molecule has 94 valence electrons. The van der Waals surface area contributed by atoms with E-state index in [4.69, 9.17) is 10.8 Å². The lowest BCUT2D eigenvalue weighted by Gasteiger charge is -2.17. The second-order valence-electron chi connectivity index (χ2n) is 3.43. The molecule has 5 nitrogen and oxygen atoms in total. The van der Waals surface area contributed by atoms with E-state index in [9.17, 15) is 14.3 Å². The van der Waals surface area contributed by atoms with Gasteiger partial charge < -0.3 is 20.7 Å². The molecule has 0 bridgehead atoms. The van der Waals surface area contributed by atoms with E-state index in [1.807, 2.05) is 0 Å². The van der Waals surface area contributed by atoms with E-state index < -0.39 is 29.7 Å². The van der Waals surface area contributed by atoms with Crippen molar-refractivity contribution in [2.24, 2.45) is 5.73 Å². The Morgan fingerprint density at radius 1 is 1.59 bits per heavy atom. The van der Waals surface area contributed by atoms with E-state index in [2.05, 4.69) is 4.74 Å². The Kier molecular flexibility index (Phi) is 4.42. The maximum atomic E-state index is 13.0. The molecule has 0 heterocycles. The smallest absolute Gasteiger partial charge is 0.325 e. The van der Waals surface area contributed by atoms with Gasteiger partial charge in [0.1, 0.15) is 12.1 Å². The summed E-state index contributed by atoms with van der Waals surface area (Å²) in [5.74, 6) is -2.20. The Hall–Kier alpha value is -1.66. The van der Waals surface area contributed by atoms with Crippen molar-refractivity contribution in [3.05, 3.63) is 29.6 Å². The second-order valence-corrected chi connectivity index (χ2v) is 3.43. The molecule has 1 rings (SSSR count). The highest BCUT2D eigenvalue weighted by atomic mass is 19.1. The molecule has 1 aromatic rings. The molecule has 2 unspecified atom stereocenters. The number of aliphatic hydroxyl groups is 1. The normalized spacial score (nSPS) is 14.1. The zero-order valence-corrected chi connectivity index (χ0v) is 9.26. The number of rotatable bonds is 4. The number of phenols is 1. The number of carbonyl (C=O) groups is 1. The highest BCUT2D eigenvalue weighted by Gasteiger charge is 2.25. The van der Waals surface area contributed by atoms with E-state index in [0.29, 0.717) is 0 Å². The summed E-state index contributed by atoms with van der Waals surface area (Å²) in [6, 6.07) is 1.98. The van der Waals surface area contributed by atoms with Crippen molar-refractivity contribution in [2.75, 3.05) is 6.61 Å². The molecule has 0 saturated heterocycles. The maximum Gasteiger partial charge on any atom is 0.325 e. The summed E-state index contributed by atoms with van der Waals surface area (Å²) in [6.07, 6.45) is -1.39. The Balaban J connectivity index is 2.84. The van der Waals surface area contributed by atoms with Crippen LogP contribution in [0.25, 0.3) is 0 Å². The molecule has 0 radical (unpaired) electrons. The van der Waals surface area contributed by atoms with Crippen LogP contribution in [0.15, 0.2) is 18.2 Å². The number of phenolic OH excluding ortho intramolecular Hbond substituents is 1. The minimum absolute atomic E-state index is 0.0980. The lowest BCUT2D eigenvalue weighted by atomic mass is 10.0. The van der Waals surface area contributed by atoms with Crippen LogP contribution >= 0.6 is 0 Å². The Morgan fingerprint density at radius 2 is 2.24 bits per heavy atom. The van der Waals surface area contributed by atoms with Gasteiger partial charge in [0.15, 0.2) is 11.6 Å². The number of hydrogen-bond acceptors (Lipinski definition) is 5. The summed E-state index contributed by atoms with van der Waals surface area (Å²) in [5.41, 5.74) is 5.56. The third kappa shape index (κ3) is 3.15. The van der Waals surface area contributed by atoms with Gasteiger partial charge in [0.25, 0.3) is 0 Å². The fourth-order valence-electron chi connectivity index (χ4n) is 1.28. The predicted molar refractivity (Wildman–Crippen MR) is 57.6 cm³/mol. The van der Waals surface area contributed by atoms with Crippen molar-refractivity contribution in [3.8, 4) is 5.75 Å². The number of ether oxygens (including phenoxy) is 1. The summed E-state index contributed by atoms with van der Waals surface area (Å²) >= 11 is 0. The molecule has 4 N–H and O–H groups in total. The molecule has 2 atom stereocenters. The number of carbonyl (C=O) groups excluding carboxylic acids is 1. The second kappa shape index (κ2) is 5.60. The number of aliphatic hydroxyl groups excluding tert-OH is 1. The zero-order valence-electron chi connectivity index (χ0n) is 9.26. The molecule has 0 aliphatic heterocycles. The van der Waals surface area contributed by atoms with Gasteiger partial charge in [-0.2, -0.15) is 0 Å². The largest absolute Gasteiger partial charge is 0.505 e. The molecular formula is C11H14FNO4. The monoisotopic (exact) mass is 243 g/mol. The number of esters is 1. The van der Waals surface area contributed by atoms with Crippen molar-refractivity contribution in [1.82, 2.24) is 0 Å². The highest BCUT2D eigenvalue weighted by molar-refractivity contribution is 5.76. The van der Waals surface area contributed by atoms with Crippen LogP contribution in [0.2, 0.25) is 0 Å². The molecular weight excluding hydrogens is 229 g/mol. The zero-order chi connectivity index (χ0) is 13.0. The lowest BCUT2D eigenvalue weighted by Crippen LogP contribution is -2.38. The van der Waals surface area contributed by atoms with Crippen LogP contribution in [0, 0.1) is 5.82 Å². The number of hydrogen-bond donors (Lipinski definition) is 3. The summed E-state index contributed by atoms with van der Waals surface area (Å²) in [6.45, 7) is 1.75. The number of halogens is 1. The first-order valence-corrected chi connectivity index (χ1v) is 5.06. The molecule has 0 aliphatic carbocycles. The van der Waals surface area contributed by atoms with Gasteiger partial charge in [-0.05, 0) is 24.6 Å². The summed E-state index contributed by atoms with van der Waals surface area (Å²) in [5, 5.41) is 18.7. The molecule has 6 heteroatoms. The molecule has 17 heavy (non-hydrogen) atoms. The third-order valence-electron chi connectivity index (χ3n) is 2.21. The maximum absolute atomic E-state index is 13.0. The van der Waals surface area contributed by atoms with Crippen LogP contribution in [-0.2, 0) is 9.53 Å². The average molecular weight is 243 g/mol. The molecule has 0 aliphatic rings. The molecule has 0 aromatic heterocycles. The minimum Gasteiger partial charge on any atom is -0.505 e. The first kappa shape index (κ1) is 13.4. The fourth-order valence-corrected chi connectivity index (χ4v) is 1.28. The van der Waals surface area contributed by atoms with Crippen LogP contribution in [0.3, 0.4) is 0 Å². The van der Waals surface area contributed by atoms with Crippen LogP contribution < -0.4 is 5.73 Å². The van der Waals surface area contributed by atoms with Crippen LogP contribution in [0.1, 0.15) is 18.6 Å². The lowest BCUT2D eigenvalue weighted by molar-refractivity contribution is -0.147. The van der Waals surface area contributed by atoms with Crippen molar-refractivity contribution < 1.29 is 24.1 Å². The van der Waals surface area contributed by atoms with Crippen molar-refractivity contribution >= 4 is 5.97 Å². The van der Waals surface area contributed by atoms with E-state index in [-0.39, 0.29) is 12.2 Å². The van der Waals surface area contributed by atoms with Gasteiger partial charge in [-0.25, -0.2) is 4.39 Å². The Bertz CT molecular complexity index is 410. The van der Waals surface area contributed by atoms with Crippen molar-refractivity contribution in [1.29, 1.82) is 0 Å². The van der Waals surface area contributed by atoms with Gasteiger partial charge in [-0.3, -0.25) is 4.79 Å². The van der Waals surface area contributed by atoms with E-state index >= 15 is 0 Å². The van der Waals surface area contributed by atoms with Crippen LogP contribution in [-0.4, -0.2) is 28.8 Å². The summed E-state index contributed by atoms with van der Waals surface area (Å²) in [7, 11) is 0. The van der Waals surface area contributed by atoms with Gasteiger partial charge in [-0.1, -0.05) is 6.07 Å². The fraction of sp³-hybridized carbons (Fsp3) is 0.364. The number of aromatic hydroxyl groups is 1. The SMILES string of the molecule is CCOC(=O)C(N)C(O)c1ccc(O)c(F)c1. The van der Waals surface area contributed by atoms with Crippen LogP contribution in [0.5, 0.6) is 5.75 Å². The quantitative estimate of drug-likeness (QED) is 0.668. The molecule has 0 spiro atoms. The van der Waals surface area contributed by atoms with E-state index in [0.717, 1.165) is 12.1 Å². The van der Waals surface area contributed by atoms with Gasteiger partial charge in [0.05, 0.1) is 6.61 Å². The third-order valence-corrected chi connectivity index (χ3v) is 2.21. The first-order valence-electron chi connectivity index (χ1n) is 5.06. The van der Waals surface area contributed by atoms with Gasteiger partial charge >= 0.3 is 5.97 Å². The molecule has 0 amide bonds. The summed E-state index contributed by atoms with van der Waals surface area (Å²) in [4.78, 5) is 11.3. The Labute approximate surface area is 97.6 Å². The van der Waals surface area contributed by atoms with Gasteiger partial charge in [-0.15, -0.1) is 0 Å². The standard InChI is InChI=1S/C11H14FNO4/c1-2-17-11(16)9(13)10(15)6-3-4-8(14)7(12)5-6/h3-5,9-10,14-15H,2,13H2,1H3. The number of nitrogens with two attached hydrogens (primary N) is 1. The van der Waals surface area contributed by atoms with Crippen molar-refractivity contribution in [2.45, 2.75) is 19.1 Å². The van der Waals surface area contributed by atoms with Crippen LogP contribution in [0.4, 0.5) is 4.39 Å². The first-order chi connectivity index (χ1) is 7.97. The highest BCUT2D eigenvalue weighted by Crippen LogP contribution is 2.22. The molecule has 1 aromatic carbocycles. The summed E-state index contributed by atoms with van der Waals surface area (Å²) < 4.78 is 17.7. The van der Waals surface area contributed by atoms with E-state index in [1.54, 1.807) is 6.92 Å².